The molecule has 1 aromatic carbocycles. The minimum Gasteiger partial charge on any atom is -0.494 e. The fourth-order valence-electron chi connectivity index (χ4n) is 2.30. The van der Waals surface area contributed by atoms with Crippen LogP contribution in [0.1, 0.15) is 68.6 Å². The van der Waals surface area contributed by atoms with E-state index in [1.54, 1.807) is 24.3 Å². The minimum atomic E-state index is -0.418. The molecule has 0 aliphatic heterocycles. The molecule has 0 saturated carbocycles. The quantitative estimate of drug-likeness (QED) is 0.519. The number of hydrogen-bond acceptors (Lipinski definition) is 3. The van der Waals surface area contributed by atoms with Crippen LogP contribution in [0.2, 0.25) is 0 Å². The molecule has 2 N–H and O–H groups in total. The average Bonchev–Trinajstić information content (AvgIpc) is 2.56. The molecule has 0 aliphatic rings. The number of nitrogens with two attached hydrogens (primary N) is 1. The zero-order valence-electron chi connectivity index (χ0n) is 14.4. The van der Waals surface area contributed by atoms with E-state index in [0.29, 0.717) is 12.2 Å². The SMILES string of the molecule is CCCCCCCCOCCCCOc1ccc(C(N)=O)cc1. The number of benzene rings is 1. The highest BCUT2D eigenvalue weighted by atomic mass is 16.5. The van der Waals surface area contributed by atoms with Gasteiger partial charge in [-0.15, -0.1) is 0 Å². The van der Waals surface area contributed by atoms with E-state index in [9.17, 15) is 4.79 Å². The number of rotatable bonds is 14. The first-order chi connectivity index (χ1) is 11.2. The standard InChI is InChI=1S/C19H31NO3/c1-2-3-4-5-6-7-14-22-15-8-9-16-23-18-12-10-17(11-13-18)19(20)21/h10-13H,2-9,14-16H2,1H3,(H2,20,21). The monoisotopic (exact) mass is 321 g/mol. The molecule has 4 nitrogen and oxygen atoms in total. The van der Waals surface area contributed by atoms with Crippen molar-refractivity contribution in [2.45, 2.75) is 58.3 Å². The lowest BCUT2D eigenvalue weighted by molar-refractivity contribution is 0.1000. The number of amides is 1. The summed E-state index contributed by atoms with van der Waals surface area (Å²) in [4.78, 5) is 11.0. The van der Waals surface area contributed by atoms with Crippen LogP contribution < -0.4 is 10.5 Å². The lowest BCUT2D eigenvalue weighted by atomic mass is 10.1. The molecule has 4 heteroatoms. The molecule has 130 valence electrons. The van der Waals surface area contributed by atoms with Crippen LogP contribution in [-0.2, 0) is 4.74 Å². The Labute approximate surface area is 140 Å². The molecule has 0 heterocycles. The first kappa shape index (κ1) is 19.5. The van der Waals surface area contributed by atoms with Gasteiger partial charge in [0.05, 0.1) is 6.61 Å². The molecule has 0 bridgehead atoms. The van der Waals surface area contributed by atoms with Gasteiger partial charge in [-0.2, -0.15) is 0 Å². The maximum absolute atomic E-state index is 11.0. The summed E-state index contributed by atoms with van der Waals surface area (Å²) in [5.41, 5.74) is 5.69. The van der Waals surface area contributed by atoms with Crippen molar-refractivity contribution in [1.82, 2.24) is 0 Å². The number of carbonyl (C=O) groups is 1. The van der Waals surface area contributed by atoms with Crippen molar-refractivity contribution in [3.63, 3.8) is 0 Å². The second-order valence-electron chi connectivity index (χ2n) is 5.82. The zero-order valence-corrected chi connectivity index (χ0v) is 14.4. The number of hydrogen-bond donors (Lipinski definition) is 1. The summed E-state index contributed by atoms with van der Waals surface area (Å²) >= 11 is 0. The number of primary amides is 1. The van der Waals surface area contributed by atoms with Crippen molar-refractivity contribution in [2.75, 3.05) is 19.8 Å². The van der Waals surface area contributed by atoms with Crippen molar-refractivity contribution in [3.8, 4) is 5.75 Å². The van der Waals surface area contributed by atoms with E-state index in [-0.39, 0.29) is 0 Å². The Bertz CT molecular complexity index is 417. The van der Waals surface area contributed by atoms with Gasteiger partial charge in [-0.25, -0.2) is 0 Å². The van der Waals surface area contributed by atoms with Crippen LogP contribution in [-0.4, -0.2) is 25.7 Å². The lowest BCUT2D eigenvalue weighted by Crippen LogP contribution is -2.10. The van der Waals surface area contributed by atoms with Gasteiger partial charge >= 0.3 is 0 Å². The molecule has 0 radical (unpaired) electrons. The van der Waals surface area contributed by atoms with Gasteiger partial charge in [0, 0.05) is 18.8 Å². The molecule has 0 atom stereocenters. The summed E-state index contributed by atoms with van der Waals surface area (Å²) in [6.45, 7) is 4.58. The molecule has 0 aliphatic carbocycles. The van der Waals surface area contributed by atoms with E-state index in [0.717, 1.165) is 31.8 Å². The summed E-state index contributed by atoms with van der Waals surface area (Å²) in [5, 5.41) is 0. The molecule has 0 unspecified atom stereocenters. The Hall–Kier alpha value is -1.55. The second kappa shape index (κ2) is 12.9. The van der Waals surface area contributed by atoms with Crippen molar-refractivity contribution in [2.24, 2.45) is 5.73 Å². The van der Waals surface area contributed by atoms with Crippen LogP contribution in [0.15, 0.2) is 24.3 Å². The number of unbranched alkanes of at least 4 members (excludes halogenated alkanes) is 6. The van der Waals surface area contributed by atoms with Gasteiger partial charge in [-0.3, -0.25) is 4.79 Å². The van der Waals surface area contributed by atoms with E-state index >= 15 is 0 Å². The molecule has 1 rings (SSSR count). The normalized spacial score (nSPS) is 10.7. The summed E-state index contributed by atoms with van der Waals surface area (Å²) in [7, 11) is 0. The Morgan fingerprint density at radius 1 is 0.870 bits per heavy atom. The molecule has 0 fully saturated rings. The third-order valence-corrected chi connectivity index (χ3v) is 3.73. The van der Waals surface area contributed by atoms with Crippen LogP contribution in [0.5, 0.6) is 5.75 Å². The highest BCUT2D eigenvalue weighted by Crippen LogP contribution is 2.12. The Balaban J connectivity index is 1.90. The first-order valence-corrected chi connectivity index (χ1v) is 8.84. The van der Waals surface area contributed by atoms with E-state index in [2.05, 4.69) is 6.92 Å². The first-order valence-electron chi connectivity index (χ1n) is 8.84. The summed E-state index contributed by atoms with van der Waals surface area (Å²) in [5.74, 6) is 0.349. The predicted molar refractivity (Wildman–Crippen MR) is 93.9 cm³/mol. The van der Waals surface area contributed by atoms with Crippen LogP contribution in [0.4, 0.5) is 0 Å². The van der Waals surface area contributed by atoms with Crippen LogP contribution in [0.25, 0.3) is 0 Å². The van der Waals surface area contributed by atoms with E-state index in [1.165, 1.54) is 38.5 Å². The van der Waals surface area contributed by atoms with Crippen molar-refractivity contribution >= 4 is 5.91 Å². The van der Waals surface area contributed by atoms with E-state index < -0.39 is 5.91 Å². The van der Waals surface area contributed by atoms with Gasteiger partial charge in [0.1, 0.15) is 5.75 Å². The molecular weight excluding hydrogens is 290 g/mol. The molecule has 1 aromatic rings. The third-order valence-electron chi connectivity index (χ3n) is 3.73. The Morgan fingerprint density at radius 2 is 1.43 bits per heavy atom. The van der Waals surface area contributed by atoms with E-state index in [1.807, 2.05) is 0 Å². The number of carbonyl (C=O) groups excluding carboxylic acids is 1. The van der Waals surface area contributed by atoms with Gasteiger partial charge in [0.25, 0.3) is 0 Å². The van der Waals surface area contributed by atoms with Gasteiger partial charge in [-0.05, 0) is 43.5 Å². The highest BCUT2D eigenvalue weighted by Gasteiger charge is 2.00. The van der Waals surface area contributed by atoms with Crippen LogP contribution in [0, 0.1) is 0 Å². The Kier molecular flexibility index (Phi) is 11.0. The zero-order chi connectivity index (χ0) is 16.8. The smallest absolute Gasteiger partial charge is 0.248 e. The van der Waals surface area contributed by atoms with Crippen LogP contribution in [0.3, 0.4) is 0 Å². The summed E-state index contributed by atoms with van der Waals surface area (Å²) in [6.07, 6.45) is 9.77. The maximum Gasteiger partial charge on any atom is 0.248 e. The van der Waals surface area contributed by atoms with Gasteiger partial charge in [-0.1, -0.05) is 39.0 Å². The van der Waals surface area contributed by atoms with Crippen molar-refractivity contribution < 1.29 is 14.3 Å². The molecule has 0 spiro atoms. The molecule has 1 amide bonds. The fourth-order valence-corrected chi connectivity index (χ4v) is 2.30. The number of ether oxygens (including phenoxy) is 2. The molecular formula is C19H31NO3. The molecule has 0 saturated heterocycles. The summed E-state index contributed by atoms with van der Waals surface area (Å²) < 4.78 is 11.2. The lowest BCUT2D eigenvalue weighted by Gasteiger charge is -2.07. The van der Waals surface area contributed by atoms with Crippen molar-refractivity contribution in [3.05, 3.63) is 29.8 Å². The summed E-state index contributed by atoms with van der Waals surface area (Å²) in [6, 6.07) is 6.91. The van der Waals surface area contributed by atoms with E-state index in [4.69, 9.17) is 15.2 Å². The van der Waals surface area contributed by atoms with Crippen LogP contribution >= 0.6 is 0 Å². The maximum atomic E-state index is 11.0. The predicted octanol–water partition coefficient (Wildman–Crippen LogP) is 4.32. The minimum absolute atomic E-state index is 0.418. The van der Waals surface area contributed by atoms with Gasteiger partial charge < -0.3 is 15.2 Å². The topological polar surface area (TPSA) is 61.6 Å². The van der Waals surface area contributed by atoms with Gasteiger partial charge in [0.15, 0.2) is 0 Å². The highest BCUT2D eigenvalue weighted by molar-refractivity contribution is 5.92. The average molecular weight is 321 g/mol. The molecule has 0 aromatic heterocycles. The largest absolute Gasteiger partial charge is 0.494 e. The molecule has 23 heavy (non-hydrogen) atoms. The van der Waals surface area contributed by atoms with Gasteiger partial charge in [0.2, 0.25) is 5.91 Å². The second-order valence-corrected chi connectivity index (χ2v) is 5.82. The van der Waals surface area contributed by atoms with Crippen molar-refractivity contribution in [1.29, 1.82) is 0 Å². The third kappa shape index (κ3) is 9.95. The fraction of sp³-hybridized carbons (Fsp3) is 0.632. The Morgan fingerprint density at radius 3 is 2.09 bits per heavy atom.